The highest BCUT2D eigenvalue weighted by molar-refractivity contribution is 6.03. The highest BCUT2D eigenvalue weighted by Crippen LogP contribution is 2.40. The van der Waals surface area contributed by atoms with Crippen LogP contribution < -0.4 is 20.3 Å². The number of rotatable bonds is 7. The molecule has 0 spiro atoms. The van der Waals surface area contributed by atoms with Gasteiger partial charge < -0.3 is 20.3 Å². The first kappa shape index (κ1) is 18.8. The van der Waals surface area contributed by atoms with Crippen molar-refractivity contribution in [2.75, 3.05) is 36.2 Å². The summed E-state index contributed by atoms with van der Waals surface area (Å²) in [5.74, 6) is -0.0278. The van der Waals surface area contributed by atoms with Gasteiger partial charge in [-0.1, -0.05) is 0 Å². The predicted octanol–water partition coefficient (Wildman–Crippen LogP) is 3.36. The van der Waals surface area contributed by atoms with Crippen molar-refractivity contribution in [1.82, 2.24) is 0 Å². The lowest BCUT2D eigenvalue weighted by atomic mass is 10.2. The maximum absolute atomic E-state index is 12.4. The van der Waals surface area contributed by atoms with Gasteiger partial charge in [-0.05, 0) is 61.9 Å². The van der Waals surface area contributed by atoms with Gasteiger partial charge >= 0.3 is 0 Å². The molecule has 2 atom stereocenters. The minimum absolute atomic E-state index is 0.112. The van der Waals surface area contributed by atoms with Gasteiger partial charge in [-0.15, -0.1) is 0 Å². The molecule has 142 valence electrons. The molecule has 27 heavy (non-hydrogen) atoms. The molecular weight excluding hydrogens is 342 g/mol. The number of nitrogens with zero attached hydrogens (tertiary/aromatic N) is 1. The molecule has 1 saturated carbocycles. The van der Waals surface area contributed by atoms with Gasteiger partial charge in [-0.25, -0.2) is 0 Å². The lowest BCUT2D eigenvalue weighted by molar-refractivity contribution is -0.122. The monoisotopic (exact) mass is 367 g/mol. The van der Waals surface area contributed by atoms with E-state index in [2.05, 4.69) is 10.6 Å². The number of hydrogen-bond acceptors (Lipinski definition) is 4. The summed E-state index contributed by atoms with van der Waals surface area (Å²) >= 11 is 0. The van der Waals surface area contributed by atoms with Gasteiger partial charge in [0.25, 0.3) is 0 Å². The molecule has 0 bridgehead atoms. The maximum atomic E-state index is 12.4. The van der Waals surface area contributed by atoms with Gasteiger partial charge in [0.1, 0.15) is 5.75 Å². The molecule has 0 aliphatic heterocycles. The van der Waals surface area contributed by atoms with Crippen molar-refractivity contribution < 1.29 is 14.3 Å². The highest BCUT2D eigenvalue weighted by Gasteiger charge is 2.48. The van der Waals surface area contributed by atoms with Crippen LogP contribution >= 0.6 is 0 Å². The fourth-order valence-corrected chi connectivity index (χ4v) is 2.89. The lowest BCUT2D eigenvalue weighted by Gasteiger charge is -2.13. The van der Waals surface area contributed by atoms with Gasteiger partial charge in [-0.3, -0.25) is 9.59 Å². The number of amides is 2. The molecule has 3 rings (SSSR count). The van der Waals surface area contributed by atoms with Crippen molar-refractivity contribution in [1.29, 1.82) is 0 Å². The predicted molar refractivity (Wildman–Crippen MR) is 107 cm³/mol. The van der Waals surface area contributed by atoms with Gasteiger partial charge in [0.2, 0.25) is 11.8 Å². The summed E-state index contributed by atoms with van der Waals surface area (Å²) in [6.07, 6.45) is 0.574. The van der Waals surface area contributed by atoms with E-state index in [1.165, 1.54) is 0 Å². The summed E-state index contributed by atoms with van der Waals surface area (Å²) in [5.41, 5.74) is 2.50. The third-order valence-electron chi connectivity index (χ3n) is 4.55. The molecule has 0 radical (unpaired) electrons. The van der Waals surface area contributed by atoms with Crippen LogP contribution in [-0.2, 0) is 9.59 Å². The van der Waals surface area contributed by atoms with E-state index in [1.54, 1.807) is 12.1 Å². The Labute approximate surface area is 159 Å². The van der Waals surface area contributed by atoms with Crippen LogP contribution in [0.2, 0.25) is 0 Å². The molecular formula is C21H25N3O3. The summed E-state index contributed by atoms with van der Waals surface area (Å²) in [5, 5.41) is 5.75. The molecule has 0 saturated heterocycles. The van der Waals surface area contributed by atoms with Crippen LogP contribution in [0, 0.1) is 11.8 Å². The fraction of sp³-hybridized carbons (Fsp3) is 0.333. The van der Waals surface area contributed by atoms with Crippen LogP contribution in [0.3, 0.4) is 0 Å². The minimum Gasteiger partial charge on any atom is -0.494 e. The molecule has 1 fully saturated rings. The second kappa shape index (κ2) is 8.12. The Balaban J connectivity index is 1.50. The molecule has 0 heterocycles. The normalized spacial score (nSPS) is 17.7. The molecule has 2 aromatic carbocycles. The van der Waals surface area contributed by atoms with E-state index < -0.39 is 0 Å². The molecule has 6 nitrogen and oxygen atoms in total. The number of ether oxygens (including phenoxy) is 1. The highest BCUT2D eigenvalue weighted by atomic mass is 16.5. The number of benzene rings is 2. The zero-order valence-electron chi connectivity index (χ0n) is 15.9. The van der Waals surface area contributed by atoms with E-state index in [-0.39, 0.29) is 23.7 Å². The molecule has 0 aromatic heterocycles. The number of carbonyl (C=O) groups excluding carboxylic acids is 2. The minimum atomic E-state index is -0.280. The van der Waals surface area contributed by atoms with Crippen LogP contribution in [0.15, 0.2) is 48.5 Å². The van der Waals surface area contributed by atoms with Crippen LogP contribution in [0.25, 0.3) is 0 Å². The second-order valence-corrected chi connectivity index (χ2v) is 6.83. The van der Waals surface area contributed by atoms with Crippen LogP contribution in [0.4, 0.5) is 17.1 Å². The van der Waals surface area contributed by atoms with Crippen molar-refractivity contribution in [2.24, 2.45) is 11.8 Å². The van der Waals surface area contributed by atoms with Crippen molar-refractivity contribution in [3.8, 4) is 5.75 Å². The van der Waals surface area contributed by atoms with Crippen LogP contribution in [0.1, 0.15) is 13.3 Å². The smallest absolute Gasteiger partial charge is 0.228 e. The van der Waals surface area contributed by atoms with E-state index in [1.807, 2.05) is 62.3 Å². The second-order valence-electron chi connectivity index (χ2n) is 6.83. The first-order chi connectivity index (χ1) is 13.0. The number of anilines is 3. The molecule has 2 N–H and O–H groups in total. The Bertz CT molecular complexity index is 800. The van der Waals surface area contributed by atoms with Gasteiger partial charge in [0.05, 0.1) is 18.4 Å². The van der Waals surface area contributed by atoms with Crippen molar-refractivity contribution in [3.05, 3.63) is 48.5 Å². The number of nitrogens with one attached hydrogen (secondary N) is 2. The number of carbonyl (C=O) groups is 2. The van der Waals surface area contributed by atoms with Crippen LogP contribution in [-0.4, -0.2) is 32.5 Å². The average Bonchev–Trinajstić information content (AvgIpc) is 3.45. The summed E-state index contributed by atoms with van der Waals surface area (Å²) in [6, 6.07) is 14.8. The molecule has 1 aliphatic carbocycles. The zero-order chi connectivity index (χ0) is 19.4. The molecule has 2 aromatic rings. The van der Waals surface area contributed by atoms with E-state index >= 15 is 0 Å². The van der Waals surface area contributed by atoms with E-state index in [4.69, 9.17) is 4.74 Å². The largest absolute Gasteiger partial charge is 0.494 e. The lowest BCUT2D eigenvalue weighted by Crippen LogP contribution is -2.20. The Morgan fingerprint density at radius 2 is 1.41 bits per heavy atom. The Morgan fingerprint density at radius 1 is 0.926 bits per heavy atom. The van der Waals surface area contributed by atoms with Crippen molar-refractivity contribution in [3.63, 3.8) is 0 Å². The third-order valence-corrected chi connectivity index (χ3v) is 4.55. The van der Waals surface area contributed by atoms with Crippen molar-refractivity contribution >= 4 is 28.9 Å². The molecule has 6 heteroatoms. The standard InChI is InChI=1S/C21H25N3O3/c1-4-27-17-11-7-15(8-12-17)23-21(26)19-13-18(19)20(25)22-14-5-9-16(10-6-14)24(2)3/h5-12,18-19H,4,13H2,1-3H3,(H,22,25)(H,23,26). The van der Waals surface area contributed by atoms with Gasteiger partial charge in [-0.2, -0.15) is 0 Å². The SMILES string of the molecule is CCOc1ccc(NC(=O)C2CC2C(=O)Nc2ccc(N(C)C)cc2)cc1. The molecule has 2 amide bonds. The average molecular weight is 367 g/mol. The van der Waals surface area contributed by atoms with Gasteiger partial charge in [0.15, 0.2) is 0 Å². The molecule has 2 unspecified atom stereocenters. The van der Waals surface area contributed by atoms with Crippen molar-refractivity contribution in [2.45, 2.75) is 13.3 Å². The Kier molecular flexibility index (Phi) is 5.64. The maximum Gasteiger partial charge on any atom is 0.228 e. The first-order valence-corrected chi connectivity index (χ1v) is 9.10. The van der Waals surface area contributed by atoms with E-state index in [9.17, 15) is 9.59 Å². The first-order valence-electron chi connectivity index (χ1n) is 9.10. The summed E-state index contributed by atoms with van der Waals surface area (Å²) in [7, 11) is 3.93. The zero-order valence-corrected chi connectivity index (χ0v) is 15.9. The summed E-state index contributed by atoms with van der Waals surface area (Å²) in [4.78, 5) is 26.7. The summed E-state index contributed by atoms with van der Waals surface area (Å²) < 4.78 is 5.38. The third kappa shape index (κ3) is 4.78. The summed E-state index contributed by atoms with van der Waals surface area (Å²) in [6.45, 7) is 2.52. The topological polar surface area (TPSA) is 70.7 Å². The van der Waals surface area contributed by atoms with Gasteiger partial charge in [0, 0.05) is 31.2 Å². The van der Waals surface area contributed by atoms with E-state index in [0.29, 0.717) is 18.7 Å². The van der Waals surface area contributed by atoms with E-state index in [0.717, 1.165) is 17.1 Å². The van der Waals surface area contributed by atoms with Crippen LogP contribution in [0.5, 0.6) is 5.75 Å². The Hall–Kier alpha value is -3.02. The molecule has 1 aliphatic rings. The Morgan fingerprint density at radius 3 is 1.85 bits per heavy atom. The fourth-order valence-electron chi connectivity index (χ4n) is 2.89. The number of hydrogen-bond donors (Lipinski definition) is 2. The quantitative estimate of drug-likeness (QED) is 0.787.